The van der Waals surface area contributed by atoms with Gasteiger partial charge in [-0.05, 0) is 38.1 Å². The molecule has 0 spiro atoms. The second kappa shape index (κ2) is 5.99. The van der Waals surface area contributed by atoms with E-state index in [1.165, 1.54) is 6.07 Å². The third-order valence-electron chi connectivity index (χ3n) is 2.09. The van der Waals surface area contributed by atoms with Crippen LogP contribution in [0, 0.1) is 5.82 Å². The Morgan fingerprint density at radius 3 is 2.86 bits per heavy atom. The zero-order valence-corrected chi connectivity index (χ0v) is 9.07. The minimum absolute atomic E-state index is 0.200. The van der Waals surface area contributed by atoms with Crippen molar-refractivity contribution in [2.45, 2.75) is 19.8 Å². The van der Waals surface area contributed by atoms with E-state index in [9.17, 15) is 4.39 Å². The summed E-state index contributed by atoms with van der Waals surface area (Å²) in [6.07, 6.45) is 1.60. The Labute approximate surface area is 89.3 Å². The molecular formula is C11H15ClFN. The summed E-state index contributed by atoms with van der Waals surface area (Å²) in [5.41, 5.74) is 0.632. The maximum atomic E-state index is 13.3. The lowest BCUT2D eigenvalue weighted by atomic mass is 10.1. The molecular weight excluding hydrogens is 201 g/mol. The zero-order valence-electron chi connectivity index (χ0n) is 8.32. The Morgan fingerprint density at radius 1 is 1.43 bits per heavy atom. The Hall–Kier alpha value is -0.600. The molecule has 0 radical (unpaired) electrons. The summed E-state index contributed by atoms with van der Waals surface area (Å²) < 4.78 is 13.3. The average molecular weight is 216 g/mol. The lowest BCUT2D eigenvalue weighted by Crippen LogP contribution is -2.14. The molecule has 3 heteroatoms. The van der Waals surface area contributed by atoms with Crippen LogP contribution in [0.15, 0.2) is 18.2 Å². The van der Waals surface area contributed by atoms with Crippen LogP contribution in [0.25, 0.3) is 0 Å². The monoisotopic (exact) mass is 215 g/mol. The number of rotatable bonds is 5. The first-order chi connectivity index (χ1) is 6.75. The molecule has 0 saturated heterocycles. The van der Waals surface area contributed by atoms with E-state index in [0.29, 0.717) is 17.0 Å². The normalized spacial score (nSPS) is 10.5. The van der Waals surface area contributed by atoms with Gasteiger partial charge in [-0.1, -0.05) is 24.6 Å². The fourth-order valence-corrected chi connectivity index (χ4v) is 1.60. The number of nitrogens with one attached hydrogen (secondary N) is 1. The molecule has 1 aromatic rings. The van der Waals surface area contributed by atoms with Gasteiger partial charge in [0, 0.05) is 10.6 Å². The molecule has 0 aliphatic rings. The van der Waals surface area contributed by atoms with Gasteiger partial charge in [0.05, 0.1) is 0 Å². The predicted octanol–water partition coefficient (Wildman–Crippen LogP) is 3.02. The second-order valence-corrected chi connectivity index (χ2v) is 3.56. The molecule has 0 aliphatic heterocycles. The SMILES string of the molecule is CCNCCCc1c(F)cccc1Cl. The summed E-state index contributed by atoms with van der Waals surface area (Å²) in [7, 11) is 0. The van der Waals surface area contributed by atoms with Crippen LogP contribution in [0.5, 0.6) is 0 Å². The molecule has 0 bridgehead atoms. The van der Waals surface area contributed by atoms with Crippen molar-refractivity contribution in [3.63, 3.8) is 0 Å². The molecule has 0 aliphatic carbocycles. The largest absolute Gasteiger partial charge is 0.317 e. The van der Waals surface area contributed by atoms with E-state index in [2.05, 4.69) is 12.2 Å². The van der Waals surface area contributed by atoms with Gasteiger partial charge in [0.2, 0.25) is 0 Å². The first kappa shape index (κ1) is 11.5. The summed E-state index contributed by atoms with van der Waals surface area (Å²) in [6, 6.07) is 4.81. The van der Waals surface area contributed by atoms with Crippen molar-refractivity contribution >= 4 is 11.6 Å². The van der Waals surface area contributed by atoms with Gasteiger partial charge in [-0.2, -0.15) is 0 Å². The van der Waals surface area contributed by atoms with Crippen LogP contribution in [0.4, 0.5) is 4.39 Å². The lowest BCUT2D eigenvalue weighted by Gasteiger charge is -2.05. The van der Waals surface area contributed by atoms with Crippen molar-refractivity contribution in [3.8, 4) is 0 Å². The molecule has 0 atom stereocenters. The van der Waals surface area contributed by atoms with Crippen molar-refractivity contribution < 1.29 is 4.39 Å². The third-order valence-corrected chi connectivity index (χ3v) is 2.45. The van der Waals surface area contributed by atoms with Crippen molar-refractivity contribution in [2.75, 3.05) is 13.1 Å². The van der Waals surface area contributed by atoms with Crippen LogP contribution in [-0.4, -0.2) is 13.1 Å². The molecule has 14 heavy (non-hydrogen) atoms. The quantitative estimate of drug-likeness (QED) is 0.745. The van der Waals surface area contributed by atoms with E-state index in [1.54, 1.807) is 12.1 Å². The number of hydrogen-bond donors (Lipinski definition) is 1. The smallest absolute Gasteiger partial charge is 0.127 e. The topological polar surface area (TPSA) is 12.0 Å². The van der Waals surface area contributed by atoms with E-state index < -0.39 is 0 Å². The molecule has 0 fully saturated rings. The highest BCUT2D eigenvalue weighted by Gasteiger charge is 2.05. The molecule has 0 unspecified atom stereocenters. The van der Waals surface area contributed by atoms with Crippen molar-refractivity contribution in [1.29, 1.82) is 0 Å². The lowest BCUT2D eigenvalue weighted by molar-refractivity contribution is 0.597. The van der Waals surface area contributed by atoms with Gasteiger partial charge in [-0.15, -0.1) is 0 Å². The van der Waals surface area contributed by atoms with Gasteiger partial charge in [-0.25, -0.2) is 4.39 Å². The zero-order chi connectivity index (χ0) is 10.4. The predicted molar refractivity (Wildman–Crippen MR) is 58.3 cm³/mol. The van der Waals surface area contributed by atoms with Crippen LogP contribution in [0.2, 0.25) is 5.02 Å². The molecule has 1 aromatic carbocycles. The maximum Gasteiger partial charge on any atom is 0.127 e. The summed E-state index contributed by atoms with van der Waals surface area (Å²) in [5.74, 6) is -0.200. The standard InChI is InChI=1S/C11H15ClFN/c1-2-14-8-4-5-9-10(12)6-3-7-11(9)13/h3,6-7,14H,2,4-5,8H2,1H3. The Bertz CT molecular complexity index is 268. The maximum absolute atomic E-state index is 13.3. The molecule has 1 nitrogen and oxygen atoms in total. The first-order valence-corrected chi connectivity index (χ1v) is 5.27. The summed E-state index contributed by atoms with van der Waals surface area (Å²) >= 11 is 5.88. The minimum atomic E-state index is -0.200. The fraction of sp³-hybridized carbons (Fsp3) is 0.455. The first-order valence-electron chi connectivity index (χ1n) is 4.89. The number of hydrogen-bond acceptors (Lipinski definition) is 1. The van der Waals surface area contributed by atoms with E-state index in [1.807, 2.05) is 0 Å². The van der Waals surface area contributed by atoms with Gasteiger partial charge in [0.25, 0.3) is 0 Å². The second-order valence-electron chi connectivity index (χ2n) is 3.16. The van der Waals surface area contributed by atoms with Crippen LogP contribution in [0.1, 0.15) is 18.9 Å². The molecule has 1 rings (SSSR count). The molecule has 0 aromatic heterocycles. The van der Waals surface area contributed by atoms with Gasteiger partial charge in [-0.3, -0.25) is 0 Å². The number of halogens is 2. The Morgan fingerprint density at radius 2 is 2.21 bits per heavy atom. The van der Waals surface area contributed by atoms with Crippen molar-refractivity contribution in [1.82, 2.24) is 5.32 Å². The highest BCUT2D eigenvalue weighted by Crippen LogP contribution is 2.19. The molecule has 1 N–H and O–H groups in total. The third kappa shape index (κ3) is 3.28. The highest BCUT2D eigenvalue weighted by atomic mass is 35.5. The molecule has 78 valence electrons. The van der Waals surface area contributed by atoms with Gasteiger partial charge in [0.15, 0.2) is 0 Å². The fourth-order valence-electron chi connectivity index (χ4n) is 1.34. The van der Waals surface area contributed by atoms with Crippen LogP contribution >= 0.6 is 11.6 Å². The van der Waals surface area contributed by atoms with E-state index in [4.69, 9.17) is 11.6 Å². The Kier molecular flexibility index (Phi) is 4.91. The Balaban J connectivity index is 2.49. The van der Waals surface area contributed by atoms with E-state index in [-0.39, 0.29) is 5.82 Å². The van der Waals surface area contributed by atoms with E-state index in [0.717, 1.165) is 19.5 Å². The van der Waals surface area contributed by atoms with Crippen molar-refractivity contribution in [2.24, 2.45) is 0 Å². The van der Waals surface area contributed by atoms with E-state index >= 15 is 0 Å². The van der Waals surface area contributed by atoms with Gasteiger partial charge >= 0.3 is 0 Å². The van der Waals surface area contributed by atoms with Crippen LogP contribution in [-0.2, 0) is 6.42 Å². The summed E-state index contributed by atoms with van der Waals surface area (Å²) in [4.78, 5) is 0. The summed E-state index contributed by atoms with van der Waals surface area (Å²) in [6.45, 7) is 3.91. The average Bonchev–Trinajstić information content (AvgIpc) is 2.16. The van der Waals surface area contributed by atoms with Gasteiger partial charge in [0.1, 0.15) is 5.82 Å². The summed E-state index contributed by atoms with van der Waals surface area (Å²) in [5, 5.41) is 3.72. The molecule has 0 saturated carbocycles. The minimum Gasteiger partial charge on any atom is -0.317 e. The van der Waals surface area contributed by atoms with Gasteiger partial charge < -0.3 is 5.32 Å². The highest BCUT2D eigenvalue weighted by molar-refractivity contribution is 6.31. The number of benzene rings is 1. The van der Waals surface area contributed by atoms with Crippen LogP contribution < -0.4 is 5.32 Å². The van der Waals surface area contributed by atoms with Crippen molar-refractivity contribution in [3.05, 3.63) is 34.6 Å². The molecule has 0 amide bonds. The van der Waals surface area contributed by atoms with Crippen LogP contribution in [0.3, 0.4) is 0 Å². The molecule has 0 heterocycles.